The Bertz CT molecular complexity index is 629. The normalized spacial score (nSPS) is 10.3. The second-order valence-electron chi connectivity index (χ2n) is 4.10. The monoisotopic (exact) mass is 304 g/mol. The van der Waals surface area contributed by atoms with Gasteiger partial charge in [0.2, 0.25) is 0 Å². The van der Waals surface area contributed by atoms with Crippen molar-refractivity contribution in [3.8, 4) is 0 Å². The Hall–Kier alpha value is -1.68. The van der Waals surface area contributed by atoms with Crippen molar-refractivity contribution in [1.82, 2.24) is 4.57 Å². The number of carbonyl (C=O) groups is 1. The van der Waals surface area contributed by atoms with E-state index in [9.17, 15) is 4.79 Å². The van der Waals surface area contributed by atoms with Gasteiger partial charge in [-0.3, -0.25) is 10.2 Å². The molecule has 0 saturated heterocycles. The third-order valence-electron chi connectivity index (χ3n) is 2.75. The van der Waals surface area contributed by atoms with Crippen molar-refractivity contribution >= 4 is 21.7 Å². The van der Waals surface area contributed by atoms with E-state index in [1.165, 1.54) is 0 Å². The number of halogens is 1. The summed E-state index contributed by atoms with van der Waals surface area (Å²) in [5.74, 6) is 0.00611. The van der Waals surface area contributed by atoms with Crippen LogP contribution >= 0.6 is 15.9 Å². The molecule has 18 heavy (non-hydrogen) atoms. The second kappa shape index (κ2) is 5.31. The molecular formula is C14H13BrN2O. The molecule has 0 amide bonds. The number of carbonyl (C=O) groups excluding carboxylic acids is 1. The zero-order valence-corrected chi connectivity index (χ0v) is 11.6. The number of Topliss-reactive ketones (excluding diaryl/α,β-unsaturated/α-hetero) is 1. The molecule has 0 saturated carbocycles. The molecule has 1 aromatic carbocycles. The largest absolute Gasteiger partial charge is 0.325 e. The molecule has 0 spiro atoms. The Morgan fingerprint density at radius 2 is 1.94 bits per heavy atom. The lowest BCUT2D eigenvalue weighted by Crippen LogP contribution is -2.25. The quantitative estimate of drug-likeness (QED) is 0.871. The lowest BCUT2D eigenvalue weighted by atomic mass is 10.1. The van der Waals surface area contributed by atoms with E-state index in [-0.39, 0.29) is 12.3 Å². The molecule has 1 heterocycles. The van der Waals surface area contributed by atoms with Gasteiger partial charge in [-0.25, -0.2) is 0 Å². The molecule has 0 atom stereocenters. The average Bonchev–Trinajstić information content (AvgIpc) is 2.36. The lowest BCUT2D eigenvalue weighted by Gasteiger charge is -2.07. The number of nitrogens with one attached hydrogen (secondary N) is 1. The second-order valence-corrected chi connectivity index (χ2v) is 5.01. The van der Waals surface area contributed by atoms with Crippen LogP contribution in [0.2, 0.25) is 0 Å². The highest BCUT2D eigenvalue weighted by Crippen LogP contribution is 2.11. The molecule has 0 aliphatic heterocycles. The molecule has 2 aromatic rings. The number of hydrogen-bond donors (Lipinski definition) is 1. The fourth-order valence-corrected chi connectivity index (χ4v) is 1.95. The van der Waals surface area contributed by atoms with Gasteiger partial charge in [-0.2, -0.15) is 0 Å². The van der Waals surface area contributed by atoms with Gasteiger partial charge in [-0.15, -0.1) is 0 Å². The maximum atomic E-state index is 12.1. The van der Waals surface area contributed by atoms with Gasteiger partial charge in [0.15, 0.2) is 5.78 Å². The predicted octanol–water partition coefficient (Wildman–Crippen LogP) is 2.92. The van der Waals surface area contributed by atoms with Gasteiger partial charge < -0.3 is 4.57 Å². The van der Waals surface area contributed by atoms with E-state index in [1.807, 2.05) is 31.2 Å². The molecular weight excluding hydrogens is 292 g/mol. The van der Waals surface area contributed by atoms with Crippen LogP contribution in [0, 0.1) is 12.3 Å². The molecule has 0 radical (unpaired) electrons. The van der Waals surface area contributed by atoms with E-state index in [2.05, 4.69) is 15.9 Å². The Morgan fingerprint density at radius 3 is 2.61 bits per heavy atom. The van der Waals surface area contributed by atoms with Crippen LogP contribution in [-0.2, 0) is 6.54 Å². The molecule has 0 aliphatic rings. The third kappa shape index (κ3) is 2.76. The first kappa shape index (κ1) is 12.8. The van der Waals surface area contributed by atoms with Gasteiger partial charge >= 0.3 is 0 Å². The van der Waals surface area contributed by atoms with E-state index < -0.39 is 0 Å². The summed E-state index contributed by atoms with van der Waals surface area (Å²) in [6.07, 6.45) is 1.76. The summed E-state index contributed by atoms with van der Waals surface area (Å²) in [4.78, 5) is 12.1. The van der Waals surface area contributed by atoms with Crippen molar-refractivity contribution in [1.29, 1.82) is 5.41 Å². The number of hydrogen-bond acceptors (Lipinski definition) is 2. The van der Waals surface area contributed by atoms with Crippen molar-refractivity contribution in [2.45, 2.75) is 13.5 Å². The van der Waals surface area contributed by atoms with Crippen molar-refractivity contribution in [2.75, 3.05) is 0 Å². The van der Waals surface area contributed by atoms with Crippen molar-refractivity contribution in [3.63, 3.8) is 0 Å². The maximum absolute atomic E-state index is 12.1. The molecule has 3 nitrogen and oxygen atoms in total. The van der Waals surface area contributed by atoms with Crippen molar-refractivity contribution in [3.05, 3.63) is 63.7 Å². The fourth-order valence-electron chi connectivity index (χ4n) is 1.68. The first-order chi connectivity index (χ1) is 8.58. The summed E-state index contributed by atoms with van der Waals surface area (Å²) in [5.41, 5.74) is 1.90. The van der Waals surface area contributed by atoms with Crippen LogP contribution in [0.5, 0.6) is 0 Å². The van der Waals surface area contributed by atoms with E-state index in [1.54, 1.807) is 22.9 Å². The predicted molar refractivity (Wildman–Crippen MR) is 73.5 cm³/mol. The zero-order valence-electron chi connectivity index (χ0n) is 9.98. The minimum absolute atomic E-state index is 0.00611. The number of nitrogens with zero attached hydrogens (tertiary/aromatic N) is 1. The summed E-state index contributed by atoms with van der Waals surface area (Å²) in [5, 5.41) is 7.89. The first-order valence-electron chi connectivity index (χ1n) is 5.57. The van der Waals surface area contributed by atoms with Crippen LogP contribution in [0.4, 0.5) is 0 Å². The van der Waals surface area contributed by atoms with E-state index in [0.29, 0.717) is 11.1 Å². The number of pyridine rings is 1. The molecule has 0 bridgehead atoms. The van der Waals surface area contributed by atoms with Gasteiger partial charge in [-0.1, -0.05) is 34.1 Å². The first-order valence-corrected chi connectivity index (χ1v) is 6.36. The van der Waals surface area contributed by atoms with E-state index in [4.69, 9.17) is 5.41 Å². The highest BCUT2D eigenvalue weighted by atomic mass is 79.9. The van der Waals surface area contributed by atoms with Gasteiger partial charge in [0, 0.05) is 16.2 Å². The van der Waals surface area contributed by atoms with Crippen LogP contribution in [0.1, 0.15) is 15.9 Å². The third-order valence-corrected chi connectivity index (χ3v) is 3.28. The topological polar surface area (TPSA) is 45.9 Å². The molecule has 4 heteroatoms. The highest BCUT2D eigenvalue weighted by molar-refractivity contribution is 9.10. The van der Waals surface area contributed by atoms with Gasteiger partial charge in [0.05, 0.1) is 6.54 Å². The summed E-state index contributed by atoms with van der Waals surface area (Å²) >= 11 is 3.34. The summed E-state index contributed by atoms with van der Waals surface area (Å²) in [7, 11) is 0. The molecule has 1 aromatic heterocycles. The Kier molecular flexibility index (Phi) is 3.77. The van der Waals surface area contributed by atoms with Gasteiger partial charge in [-0.05, 0) is 30.7 Å². The highest BCUT2D eigenvalue weighted by Gasteiger charge is 2.07. The number of rotatable bonds is 3. The molecule has 92 valence electrons. The maximum Gasteiger partial charge on any atom is 0.182 e. The standard InChI is InChI=1S/C14H13BrN2O/c1-10-3-2-8-17(14(10)16)9-13(18)11-4-6-12(15)7-5-11/h2-8,16H,9H2,1H3. The smallest absolute Gasteiger partial charge is 0.182 e. The Labute approximate surface area is 114 Å². The molecule has 0 unspecified atom stereocenters. The van der Waals surface area contributed by atoms with Crippen LogP contribution < -0.4 is 5.49 Å². The van der Waals surface area contributed by atoms with Gasteiger partial charge in [0.25, 0.3) is 0 Å². The van der Waals surface area contributed by atoms with E-state index in [0.717, 1.165) is 10.0 Å². The lowest BCUT2D eigenvalue weighted by molar-refractivity contribution is 0.0970. The van der Waals surface area contributed by atoms with Crippen molar-refractivity contribution in [2.24, 2.45) is 0 Å². The fraction of sp³-hybridized carbons (Fsp3) is 0.143. The number of aromatic nitrogens is 1. The molecule has 2 rings (SSSR count). The minimum atomic E-state index is 0.00611. The minimum Gasteiger partial charge on any atom is -0.325 e. The van der Waals surface area contributed by atoms with Crippen LogP contribution in [-0.4, -0.2) is 10.4 Å². The summed E-state index contributed by atoms with van der Waals surface area (Å²) in [6.45, 7) is 2.06. The average molecular weight is 305 g/mol. The molecule has 1 N–H and O–H groups in total. The molecule has 0 aliphatic carbocycles. The number of aryl methyl sites for hydroxylation is 1. The molecule has 0 fully saturated rings. The Morgan fingerprint density at radius 1 is 1.28 bits per heavy atom. The van der Waals surface area contributed by atoms with Gasteiger partial charge in [0.1, 0.15) is 5.49 Å². The van der Waals surface area contributed by atoms with E-state index >= 15 is 0 Å². The Balaban J connectivity index is 2.24. The number of ketones is 1. The van der Waals surface area contributed by atoms with Crippen molar-refractivity contribution < 1.29 is 4.79 Å². The number of benzene rings is 1. The van der Waals surface area contributed by atoms with Crippen LogP contribution in [0.15, 0.2) is 47.1 Å². The van der Waals surface area contributed by atoms with Crippen LogP contribution in [0.3, 0.4) is 0 Å². The SMILES string of the molecule is Cc1cccn(CC(=O)c2ccc(Br)cc2)c1=N. The summed E-state index contributed by atoms with van der Waals surface area (Å²) in [6, 6.07) is 11.0. The summed E-state index contributed by atoms with van der Waals surface area (Å²) < 4.78 is 2.60. The zero-order chi connectivity index (χ0) is 13.1. The van der Waals surface area contributed by atoms with Crippen LogP contribution in [0.25, 0.3) is 0 Å².